The lowest BCUT2D eigenvalue weighted by Crippen LogP contribution is -2.51. The van der Waals surface area contributed by atoms with Gasteiger partial charge in [-0.1, -0.05) is 31.5 Å². The molecule has 1 aliphatic rings. The third kappa shape index (κ3) is 4.67. The van der Waals surface area contributed by atoms with Crippen LogP contribution in [0.1, 0.15) is 40.6 Å². The summed E-state index contributed by atoms with van der Waals surface area (Å²) in [5.74, 6) is 0.925. The molecule has 3 rings (SSSR count). The van der Waals surface area contributed by atoms with Gasteiger partial charge in [0.2, 0.25) is 0 Å². The Morgan fingerprint density at radius 3 is 2.46 bits per heavy atom. The maximum absolute atomic E-state index is 12.6. The highest BCUT2D eigenvalue weighted by Crippen LogP contribution is 2.32. The molecule has 1 fully saturated rings. The summed E-state index contributed by atoms with van der Waals surface area (Å²) in [7, 11) is 0. The van der Waals surface area contributed by atoms with Crippen molar-refractivity contribution in [2.75, 3.05) is 32.8 Å². The summed E-state index contributed by atoms with van der Waals surface area (Å²) in [5.41, 5.74) is 1.92. The molecule has 5 nitrogen and oxygen atoms in total. The summed E-state index contributed by atoms with van der Waals surface area (Å²) in [6.45, 7) is 8.18. The number of hydrogen-bond acceptors (Lipinski definition) is 4. The van der Waals surface area contributed by atoms with Crippen molar-refractivity contribution in [1.82, 2.24) is 9.80 Å². The molecule has 0 saturated carbocycles. The van der Waals surface area contributed by atoms with Crippen molar-refractivity contribution in [2.45, 2.75) is 26.7 Å². The molecule has 0 atom stereocenters. The minimum Gasteiger partial charge on any atom is -0.483 e. The van der Waals surface area contributed by atoms with Crippen LogP contribution < -0.4 is 4.74 Å². The van der Waals surface area contributed by atoms with Crippen molar-refractivity contribution in [3.05, 3.63) is 50.7 Å². The lowest BCUT2D eigenvalue weighted by molar-refractivity contribution is -0.134. The SMILES string of the molecule is Cc1cc(OCC(=O)N2CCN(C(=O)c3cccs3)CC2)c(C(C)C)cc1Cl. The van der Waals surface area contributed by atoms with Gasteiger partial charge in [0.05, 0.1) is 4.88 Å². The standard InChI is InChI=1S/C21H25ClN2O3S/c1-14(2)16-12-17(22)15(3)11-18(16)27-13-20(25)23-6-8-24(9-7-23)21(26)19-5-4-10-28-19/h4-5,10-12,14H,6-9,13H2,1-3H3. The Morgan fingerprint density at radius 2 is 1.86 bits per heavy atom. The van der Waals surface area contributed by atoms with E-state index in [2.05, 4.69) is 13.8 Å². The Kier molecular flexibility index (Phi) is 6.62. The van der Waals surface area contributed by atoms with Crippen LogP contribution in [0.4, 0.5) is 0 Å². The lowest BCUT2D eigenvalue weighted by atomic mass is 10.0. The van der Waals surface area contributed by atoms with Gasteiger partial charge in [0.1, 0.15) is 5.75 Å². The second-order valence-corrected chi connectivity index (χ2v) is 8.59. The van der Waals surface area contributed by atoms with Gasteiger partial charge in [0.15, 0.2) is 6.61 Å². The highest BCUT2D eigenvalue weighted by atomic mass is 35.5. The summed E-state index contributed by atoms with van der Waals surface area (Å²) in [6, 6.07) is 7.51. The van der Waals surface area contributed by atoms with Crippen LogP contribution in [0.5, 0.6) is 5.75 Å². The Balaban J connectivity index is 1.55. The van der Waals surface area contributed by atoms with Gasteiger partial charge in [-0.2, -0.15) is 0 Å². The molecule has 2 aromatic rings. The van der Waals surface area contributed by atoms with Crippen LogP contribution in [0.3, 0.4) is 0 Å². The molecule has 0 spiro atoms. The molecule has 2 heterocycles. The average Bonchev–Trinajstić information content (AvgIpc) is 3.22. The van der Waals surface area contributed by atoms with Gasteiger partial charge in [-0.3, -0.25) is 9.59 Å². The number of nitrogens with zero attached hydrogens (tertiary/aromatic N) is 2. The monoisotopic (exact) mass is 420 g/mol. The number of ether oxygens (including phenoxy) is 1. The first-order valence-electron chi connectivity index (χ1n) is 9.40. The highest BCUT2D eigenvalue weighted by molar-refractivity contribution is 7.12. The maximum Gasteiger partial charge on any atom is 0.264 e. The summed E-state index contributed by atoms with van der Waals surface area (Å²) in [6.07, 6.45) is 0. The fourth-order valence-corrected chi connectivity index (χ4v) is 4.06. The van der Waals surface area contributed by atoms with Crippen molar-refractivity contribution >= 4 is 34.8 Å². The zero-order valence-electron chi connectivity index (χ0n) is 16.4. The van der Waals surface area contributed by atoms with E-state index in [-0.39, 0.29) is 24.3 Å². The van der Waals surface area contributed by atoms with E-state index in [1.807, 2.05) is 36.6 Å². The van der Waals surface area contributed by atoms with E-state index in [4.69, 9.17) is 16.3 Å². The zero-order valence-corrected chi connectivity index (χ0v) is 18.0. The Morgan fingerprint density at radius 1 is 1.18 bits per heavy atom. The minimum absolute atomic E-state index is 0.0142. The van der Waals surface area contributed by atoms with Crippen molar-refractivity contribution in [3.63, 3.8) is 0 Å². The maximum atomic E-state index is 12.6. The summed E-state index contributed by atoms with van der Waals surface area (Å²) in [5, 5.41) is 2.60. The number of hydrogen-bond donors (Lipinski definition) is 0. The molecule has 28 heavy (non-hydrogen) atoms. The van der Waals surface area contributed by atoms with Gasteiger partial charge < -0.3 is 14.5 Å². The van der Waals surface area contributed by atoms with Gasteiger partial charge in [-0.15, -0.1) is 11.3 Å². The quantitative estimate of drug-likeness (QED) is 0.728. The van der Waals surface area contributed by atoms with E-state index < -0.39 is 0 Å². The van der Waals surface area contributed by atoms with Crippen LogP contribution in [-0.2, 0) is 4.79 Å². The predicted molar refractivity (Wildman–Crippen MR) is 113 cm³/mol. The van der Waals surface area contributed by atoms with Crippen LogP contribution in [-0.4, -0.2) is 54.4 Å². The largest absolute Gasteiger partial charge is 0.483 e. The number of thiophene rings is 1. The summed E-state index contributed by atoms with van der Waals surface area (Å²) in [4.78, 5) is 29.3. The molecule has 1 aromatic carbocycles. The molecule has 1 aliphatic heterocycles. The van der Waals surface area contributed by atoms with Gasteiger partial charge in [-0.05, 0) is 47.5 Å². The van der Waals surface area contributed by atoms with E-state index >= 15 is 0 Å². The zero-order chi connectivity index (χ0) is 20.3. The van der Waals surface area contributed by atoms with E-state index in [1.54, 1.807) is 9.80 Å². The first-order valence-corrected chi connectivity index (χ1v) is 10.7. The smallest absolute Gasteiger partial charge is 0.264 e. The lowest BCUT2D eigenvalue weighted by Gasteiger charge is -2.34. The molecular formula is C21H25ClN2O3S. The normalized spacial score (nSPS) is 14.5. The fraction of sp³-hybridized carbons (Fsp3) is 0.429. The average molecular weight is 421 g/mol. The Hall–Kier alpha value is -2.05. The van der Waals surface area contributed by atoms with E-state index in [1.165, 1.54) is 11.3 Å². The van der Waals surface area contributed by atoms with Gasteiger partial charge in [-0.25, -0.2) is 0 Å². The molecule has 2 amide bonds. The van der Waals surface area contributed by atoms with Gasteiger partial charge >= 0.3 is 0 Å². The Labute approximate surface area is 174 Å². The van der Waals surface area contributed by atoms with Crippen molar-refractivity contribution in [2.24, 2.45) is 0 Å². The number of carbonyl (C=O) groups excluding carboxylic acids is 2. The topological polar surface area (TPSA) is 49.9 Å². The molecule has 7 heteroatoms. The van der Waals surface area contributed by atoms with Crippen LogP contribution in [0.2, 0.25) is 5.02 Å². The van der Waals surface area contributed by atoms with Crippen molar-refractivity contribution in [1.29, 1.82) is 0 Å². The highest BCUT2D eigenvalue weighted by Gasteiger charge is 2.25. The molecule has 0 aliphatic carbocycles. The van der Waals surface area contributed by atoms with Crippen LogP contribution in [0, 0.1) is 6.92 Å². The third-order valence-electron chi connectivity index (χ3n) is 4.92. The summed E-state index contributed by atoms with van der Waals surface area (Å²) >= 11 is 7.67. The van der Waals surface area contributed by atoms with Crippen LogP contribution in [0.15, 0.2) is 29.6 Å². The minimum atomic E-state index is -0.0643. The Bertz CT molecular complexity index is 844. The molecule has 1 saturated heterocycles. The van der Waals surface area contributed by atoms with Crippen molar-refractivity contribution < 1.29 is 14.3 Å². The molecule has 0 unspecified atom stereocenters. The van der Waals surface area contributed by atoms with E-state index in [0.717, 1.165) is 16.0 Å². The molecule has 1 aromatic heterocycles. The summed E-state index contributed by atoms with van der Waals surface area (Å²) < 4.78 is 5.85. The van der Waals surface area contributed by atoms with Gasteiger partial charge in [0.25, 0.3) is 11.8 Å². The van der Waals surface area contributed by atoms with E-state index in [9.17, 15) is 9.59 Å². The third-order valence-corrected chi connectivity index (χ3v) is 6.18. The van der Waals surface area contributed by atoms with Gasteiger partial charge in [0, 0.05) is 31.2 Å². The number of aryl methyl sites for hydroxylation is 1. The van der Waals surface area contributed by atoms with Crippen LogP contribution in [0.25, 0.3) is 0 Å². The second-order valence-electron chi connectivity index (χ2n) is 7.23. The van der Waals surface area contributed by atoms with Crippen molar-refractivity contribution in [3.8, 4) is 5.75 Å². The molecule has 0 bridgehead atoms. The first kappa shape index (κ1) is 20.7. The number of piperazine rings is 1. The number of amides is 2. The predicted octanol–water partition coefficient (Wildman–Crippen LogP) is 4.20. The molecular weight excluding hydrogens is 396 g/mol. The molecule has 0 N–H and O–H groups in total. The number of carbonyl (C=O) groups is 2. The number of rotatable bonds is 5. The molecule has 0 radical (unpaired) electrons. The van der Waals surface area contributed by atoms with E-state index in [0.29, 0.717) is 37.0 Å². The first-order chi connectivity index (χ1) is 13.4. The number of benzene rings is 1. The molecule has 150 valence electrons. The second kappa shape index (κ2) is 8.97. The fourth-order valence-electron chi connectivity index (χ4n) is 3.19. The number of halogens is 1. The van der Waals surface area contributed by atoms with Crippen LogP contribution >= 0.6 is 22.9 Å².